The smallest absolute Gasteiger partial charge is 0.119 e. The van der Waals surface area contributed by atoms with Crippen LogP contribution in [0.3, 0.4) is 0 Å². The van der Waals surface area contributed by atoms with Gasteiger partial charge in [-0.15, -0.1) is 11.6 Å². The van der Waals surface area contributed by atoms with E-state index in [1.54, 1.807) is 18.4 Å². The Hall–Kier alpha value is -0.990. The minimum Gasteiger partial charge on any atom is -0.497 e. The summed E-state index contributed by atoms with van der Waals surface area (Å²) < 4.78 is 5.18. The highest BCUT2D eigenvalue weighted by Gasteiger charge is 2.09. The summed E-state index contributed by atoms with van der Waals surface area (Å²) in [5, 5.41) is 4.21. The lowest BCUT2D eigenvalue weighted by Crippen LogP contribution is -1.95. The number of ether oxygens (including phenoxy) is 1. The molecule has 0 aliphatic rings. The van der Waals surface area contributed by atoms with Crippen LogP contribution in [-0.2, 0) is 6.42 Å². The van der Waals surface area contributed by atoms with E-state index in [0.717, 1.165) is 17.7 Å². The predicted octanol–water partition coefficient (Wildman–Crippen LogP) is 4.28. The Balaban J connectivity index is 2.11. The largest absolute Gasteiger partial charge is 0.497 e. The molecule has 1 unspecified atom stereocenters. The number of halogens is 1. The maximum absolute atomic E-state index is 6.38. The van der Waals surface area contributed by atoms with Crippen molar-refractivity contribution in [2.24, 2.45) is 0 Å². The lowest BCUT2D eigenvalue weighted by Gasteiger charge is -2.10. The molecule has 0 N–H and O–H groups in total. The van der Waals surface area contributed by atoms with Crippen LogP contribution in [0, 0.1) is 0 Å². The van der Waals surface area contributed by atoms with Crippen LogP contribution in [-0.4, -0.2) is 7.11 Å². The molecule has 0 radical (unpaired) electrons. The average molecular weight is 253 g/mol. The van der Waals surface area contributed by atoms with Crippen molar-refractivity contribution < 1.29 is 4.74 Å². The SMILES string of the molecule is COc1cccc(C(Cl)Cc2ccsc2)c1. The van der Waals surface area contributed by atoms with E-state index < -0.39 is 0 Å². The van der Waals surface area contributed by atoms with Gasteiger partial charge in [-0.25, -0.2) is 0 Å². The molecular formula is C13H13ClOS. The zero-order chi connectivity index (χ0) is 11.4. The maximum atomic E-state index is 6.38. The fraction of sp³-hybridized carbons (Fsp3) is 0.231. The lowest BCUT2D eigenvalue weighted by atomic mass is 10.1. The fourth-order valence-corrected chi connectivity index (χ4v) is 2.57. The van der Waals surface area contributed by atoms with E-state index >= 15 is 0 Å². The molecule has 0 bridgehead atoms. The molecule has 84 valence electrons. The Bertz CT molecular complexity index is 439. The van der Waals surface area contributed by atoms with Crippen LogP contribution in [0.15, 0.2) is 41.1 Å². The number of hydrogen-bond donors (Lipinski definition) is 0. The van der Waals surface area contributed by atoms with Crippen molar-refractivity contribution in [1.82, 2.24) is 0 Å². The molecular weight excluding hydrogens is 240 g/mol. The highest BCUT2D eigenvalue weighted by Crippen LogP contribution is 2.28. The highest BCUT2D eigenvalue weighted by atomic mass is 35.5. The topological polar surface area (TPSA) is 9.23 Å². The van der Waals surface area contributed by atoms with E-state index in [0.29, 0.717) is 0 Å². The van der Waals surface area contributed by atoms with E-state index in [1.807, 2.05) is 24.3 Å². The maximum Gasteiger partial charge on any atom is 0.119 e. The van der Waals surface area contributed by atoms with Gasteiger partial charge in [-0.05, 0) is 46.5 Å². The van der Waals surface area contributed by atoms with Crippen LogP contribution in [0.2, 0.25) is 0 Å². The van der Waals surface area contributed by atoms with Crippen molar-refractivity contribution in [3.05, 3.63) is 52.2 Å². The number of benzene rings is 1. The van der Waals surface area contributed by atoms with Gasteiger partial charge in [0.2, 0.25) is 0 Å². The van der Waals surface area contributed by atoms with Crippen LogP contribution in [0.5, 0.6) is 5.75 Å². The Morgan fingerprint density at radius 2 is 2.25 bits per heavy atom. The third kappa shape index (κ3) is 2.77. The van der Waals surface area contributed by atoms with E-state index in [9.17, 15) is 0 Å². The molecule has 0 aliphatic carbocycles. The molecule has 0 saturated heterocycles. The summed E-state index contributed by atoms with van der Waals surface area (Å²) in [5.74, 6) is 0.855. The van der Waals surface area contributed by atoms with Gasteiger partial charge in [-0.3, -0.25) is 0 Å². The normalized spacial score (nSPS) is 12.4. The van der Waals surface area contributed by atoms with Crippen molar-refractivity contribution >= 4 is 22.9 Å². The van der Waals surface area contributed by atoms with Gasteiger partial charge in [-0.1, -0.05) is 12.1 Å². The number of hydrogen-bond acceptors (Lipinski definition) is 2. The molecule has 1 atom stereocenters. The first-order valence-electron chi connectivity index (χ1n) is 5.08. The Labute approximate surface area is 105 Å². The van der Waals surface area contributed by atoms with Crippen molar-refractivity contribution in [2.45, 2.75) is 11.8 Å². The molecule has 1 aromatic carbocycles. The molecule has 3 heteroatoms. The zero-order valence-corrected chi connectivity index (χ0v) is 10.6. The number of rotatable bonds is 4. The van der Waals surface area contributed by atoms with Crippen LogP contribution in [0.25, 0.3) is 0 Å². The highest BCUT2D eigenvalue weighted by molar-refractivity contribution is 7.07. The van der Waals surface area contributed by atoms with Gasteiger partial charge in [-0.2, -0.15) is 11.3 Å². The standard InChI is InChI=1S/C13H13ClOS/c1-15-12-4-2-3-11(8-12)13(14)7-10-5-6-16-9-10/h2-6,8-9,13H,7H2,1H3. The fourth-order valence-electron chi connectivity index (χ4n) is 1.57. The van der Waals surface area contributed by atoms with E-state index in [-0.39, 0.29) is 5.38 Å². The van der Waals surface area contributed by atoms with Crippen molar-refractivity contribution in [3.8, 4) is 5.75 Å². The molecule has 0 fully saturated rings. The summed E-state index contributed by atoms with van der Waals surface area (Å²) in [6.07, 6.45) is 0.859. The van der Waals surface area contributed by atoms with Gasteiger partial charge in [0.05, 0.1) is 12.5 Å². The Kier molecular flexibility index (Phi) is 3.86. The Morgan fingerprint density at radius 3 is 2.94 bits per heavy atom. The first-order chi connectivity index (χ1) is 7.79. The molecule has 16 heavy (non-hydrogen) atoms. The predicted molar refractivity (Wildman–Crippen MR) is 69.6 cm³/mol. The second-order valence-electron chi connectivity index (χ2n) is 3.58. The molecule has 0 aliphatic heterocycles. The summed E-state index contributed by atoms with van der Waals surface area (Å²) in [6, 6.07) is 10.0. The number of methoxy groups -OCH3 is 1. The third-order valence-corrected chi connectivity index (χ3v) is 3.59. The second kappa shape index (κ2) is 5.37. The summed E-state index contributed by atoms with van der Waals surface area (Å²) in [5.41, 5.74) is 2.39. The van der Waals surface area contributed by atoms with Crippen LogP contribution < -0.4 is 4.74 Å². The van der Waals surface area contributed by atoms with E-state index in [2.05, 4.69) is 16.8 Å². The number of thiophene rings is 1. The monoisotopic (exact) mass is 252 g/mol. The molecule has 0 spiro atoms. The van der Waals surface area contributed by atoms with Crippen LogP contribution >= 0.6 is 22.9 Å². The van der Waals surface area contributed by atoms with Gasteiger partial charge < -0.3 is 4.74 Å². The first-order valence-corrected chi connectivity index (χ1v) is 6.46. The van der Waals surface area contributed by atoms with Crippen LogP contribution in [0.4, 0.5) is 0 Å². The molecule has 0 amide bonds. The minimum absolute atomic E-state index is 0.00435. The first kappa shape index (κ1) is 11.5. The molecule has 1 aromatic heterocycles. The molecule has 0 saturated carbocycles. The van der Waals surface area contributed by atoms with Crippen molar-refractivity contribution in [3.63, 3.8) is 0 Å². The van der Waals surface area contributed by atoms with Gasteiger partial charge in [0.15, 0.2) is 0 Å². The molecule has 1 nitrogen and oxygen atoms in total. The van der Waals surface area contributed by atoms with Gasteiger partial charge in [0, 0.05) is 0 Å². The molecule has 1 heterocycles. The summed E-state index contributed by atoms with van der Waals surface area (Å²) in [4.78, 5) is 0. The molecule has 2 aromatic rings. The minimum atomic E-state index is 0.00435. The van der Waals surface area contributed by atoms with Gasteiger partial charge >= 0.3 is 0 Å². The summed E-state index contributed by atoms with van der Waals surface area (Å²) in [6.45, 7) is 0. The average Bonchev–Trinajstić information content (AvgIpc) is 2.82. The van der Waals surface area contributed by atoms with Crippen molar-refractivity contribution in [2.75, 3.05) is 7.11 Å². The zero-order valence-electron chi connectivity index (χ0n) is 9.02. The van der Waals surface area contributed by atoms with Gasteiger partial charge in [0.1, 0.15) is 5.75 Å². The second-order valence-corrected chi connectivity index (χ2v) is 4.89. The quantitative estimate of drug-likeness (QED) is 0.738. The van der Waals surface area contributed by atoms with Gasteiger partial charge in [0.25, 0.3) is 0 Å². The van der Waals surface area contributed by atoms with E-state index in [4.69, 9.17) is 16.3 Å². The lowest BCUT2D eigenvalue weighted by molar-refractivity contribution is 0.414. The van der Waals surface area contributed by atoms with E-state index in [1.165, 1.54) is 5.56 Å². The Morgan fingerprint density at radius 1 is 1.38 bits per heavy atom. The van der Waals surface area contributed by atoms with Crippen molar-refractivity contribution in [1.29, 1.82) is 0 Å². The summed E-state index contributed by atoms with van der Waals surface area (Å²) in [7, 11) is 1.67. The number of alkyl halides is 1. The summed E-state index contributed by atoms with van der Waals surface area (Å²) >= 11 is 8.08. The third-order valence-electron chi connectivity index (χ3n) is 2.45. The molecule has 2 rings (SSSR count). The van der Waals surface area contributed by atoms with Crippen LogP contribution in [0.1, 0.15) is 16.5 Å².